The molecule has 2 aromatic rings. The molecule has 1 heterocycles. The maximum atomic E-state index is 13.1. The van der Waals surface area contributed by atoms with Gasteiger partial charge in [-0.15, -0.1) is 11.3 Å². The molecule has 1 aromatic carbocycles. The summed E-state index contributed by atoms with van der Waals surface area (Å²) >= 11 is 4.64. The van der Waals surface area contributed by atoms with E-state index in [2.05, 4.69) is 26.2 Å². The molecule has 0 atom stereocenters. The van der Waals surface area contributed by atoms with Gasteiger partial charge in [-0.3, -0.25) is 4.79 Å². The number of rotatable bonds is 4. The Morgan fingerprint density at radius 3 is 3.00 bits per heavy atom. The highest BCUT2D eigenvalue weighted by atomic mass is 79.9. The number of thiazole rings is 1. The Morgan fingerprint density at radius 2 is 2.32 bits per heavy atom. The molecule has 0 saturated heterocycles. The molecule has 0 aliphatic rings. The highest BCUT2D eigenvalue weighted by molar-refractivity contribution is 9.10. The van der Waals surface area contributed by atoms with Crippen molar-refractivity contribution in [3.8, 4) is 0 Å². The van der Waals surface area contributed by atoms with Gasteiger partial charge in [-0.05, 0) is 23.8 Å². The van der Waals surface area contributed by atoms with Crippen LogP contribution in [0.25, 0.3) is 0 Å². The molecule has 1 aromatic heterocycles. The first-order valence-corrected chi connectivity index (χ1v) is 7.14. The number of hydrogen-bond donors (Lipinski definition) is 2. The van der Waals surface area contributed by atoms with E-state index in [0.29, 0.717) is 22.8 Å². The Balaban J connectivity index is 2.02. The van der Waals surface area contributed by atoms with Gasteiger partial charge in [0.05, 0.1) is 0 Å². The fourth-order valence-corrected chi connectivity index (χ4v) is 2.50. The van der Waals surface area contributed by atoms with Crippen molar-refractivity contribution in [3.63, 3.8) is 0 Å². The highest BCUT2D eigenvalue weighted by Crippen LogP contribution is 2.17. The van der Waals surface area contributed by atoms with E-state index < -0.39 is 0 Å². The number of halogens is 2. The van der Waals surface area contributed by atoms with Gasteiger partial charge < -0.3 is 11.1 Å². The van der Waals surface area contributed by atoms with Gasteiger partial charge >= 0.3 is 0 Å². The van der Waals surface area contributed by atoms with Gasteiger partial charge in [-0.25, -0.2) is 9.37 Å². The molecule has 1 amide bonds. The summed E-state index contributed by atoms with van der Waals surface area (Å²) in [4.78, 5) is 15.9. The standard InChI is InChI=1S/C12H11BrFN3OS/c13-9-2-1-8(14)3-7(9)5-16-12(18)10-6-19-11(4-15)17-10/h1-3,6H,4-5,15H2,(H,16,18). The molecule has 19 heavy (non-hydrogen) atoms. The largest absolute Gasteiger partial charge is 0.347 e. The van der Waals surface area contributed by atoms with Crippen LogP contribution >= 0.6 is 27.3 Å². The summed E-state index contributed by atoms with van der Waals surface area (Å²) in [7, 11) is 0. The normalized spacial score (nSPS) is 10.5. The van der Waals surface area contributed by atoms with Crippen LogP contribution in [0.4, 0.5) is 4.39 Å². The number of carbonyl (C=O) groups excluding carboxylic acids is 1. The molecule has 0 aliphatic heterocycles. The van der Waals surface area contributed by atoms with Crippen molar-refractivity contribution in [3.05, 3.63) is 50.1 Å². The lowest BCUT2D eigenvalue weighted by Crippen LogP contribution is -2.23. The van der Waals surface area contributed by atoms with E-state index in [-0.39, 0.29) is 18.3 Å². The van der Waals surface area contributed by atoms with Crippen LogP contribution in [0.15, 0.2) is 28.1 Å². The molecule has 4 nitrogen and oxygen atoms in total. The summed E-state index contributed by atoms with van der Waals surface area (Å²) in [5, 5.41) is 5.05. The molecule has 0 radical (unpaired) electrons. The van der Waals surface area contributed by atoms with Gasteiger partial charge in [0.2, 0.25) is 0 Å². The molecule has 0 aliphatic carbocycles. The van der Waals surface area contributed by atoms with E-state index in [1.165, 1.54) is 23.5 Å². The number of hydrogen-bond acceptors (Lipinski definition) is 4. The molecule has 0 fully saturated rings. The van der Waals surface area contributed by atoms with Crippen LogP contribution < -0.4 is 11.1 Å². The number of amides is 1. The molecule has 0 spiro atoms. The van der Waals surface area contributed by atoms with Gasteiger partial charge in [-0.2, -0.15) is 0 Å². The summed E-state index contributed by atoms with van der Waals surface area (Å²) < 4.78 is 13.8. The molecule has 2 rings (SSSR count). The molecule has 0 unspecified atom stereocenters. The van der Waals surface area contributed by atoms with Crippen molar-refractivity contribution in [1.29, 1.82) is 0 Å². The number of benzene rings is 1. The van der Waals surface area contributed by atoms with Crippen molar-refractivity contribution >= 4 is 33.2 Å². The SMILES string of the molecule is NCc1nc(C(=O)NCc2cc(F)ccc2Br)cs1. The van der Waals surface area contributed by atoms with E-state index in [4.69, 9.17) is 5.73 Å². The Hall–Kier alpha value is -1.31. The second-order valence-corrected chi connectivity index (χ2v) is 5.55. The van der Waals surface area contributed by atoms with Crippen LogP contribution in [-0.2, 0) is 13.1 Å². The minimum Gasteiger partial charge on any atom is -0.347 e. The third kappa shape index (κ3) is 3.59. The van der Waals surface area contributed by atoms with Crippen molar-refractivity contribution in [2.24, 2.45) is 5.73 Å². The lowest BCUT2D eigenvalue weighted by Gasteiger charge is -2.06. The van der Waals surface area contributed by atoms with Crippen LogP contribution in [0, 0.1) is 5.82 Å². The third-order valence-electron chi connectivity index (χ3n) is 2.41. The number of aromatic nitrogens is 1. The maximum Gasteiger partial charge on any atom is 0.271 e. The molecule has 0 saturated carbocycles. The minimum atomic E-state index is -0.341. The number of carbonyl (C=O) groups is 1. The minimum absolute atomic E-state index is 0.229. The molecule has 0 bridgehead atoms. The van der Waals surface area contributed by atoms with E-state index >= 15 is 0 Å². The van der Waals surface area contributed by atoms with Gasteiger partial charge in [0, 0.05) is 22.9 Å². The summed E-state index contributed by atoms with van der Waals surface area (Å²) in [6, 6.07) is 4.33. The third-order valence-corrected chi connectivity index (χ3v) is 4.05. The topological polar surface area (TPSA) is 68.0 Å². The molecule has 3 N–H and O–H groups in total. The maximum absolute atomic E-state index is 13.1. The highest BCUT2D eigenvalue weighted by Gasteiger charge is 2.10. The van der Waals surface area contributed by atoms with Crippen molar-refractivity contribution in [2.75, 3.05) is 0 Å². The monoisotopic (exact) mass is 343 g/mol. The smallest absolute Gasteiger partial charge is 0.271 e. The predicted octanol–water partition coefficient (Wildman–Crippen LogP) is 2.43. The number of nitrogens with two attached hydrogens (primary N) is 1. The average Bonchev–Trinajstić information content (AvgIpc) is 2.88. The van der Waals surface area contributed by atoms with Crippen molar-refractivity contribution in [2.45, 2.75) is 13.1 Å². The van der Waals surface area contributed by atoms with Gasteiger partial charge in [0.1, 0.15) is 16.5 Å². The van der Waals surface area contributed by atoms with Crippen LogP contribution in [0.3, 0.4) is 0 Å². The lowest BCUT2D eigenvalue weighted by atomic mass is 10.2. The van der Waals surface area contributed by atoms with Gasteiger partial charge in [0.15, 0.2) is 0 Å². The van der Waals surface area contributed by atoms with Gasteiger partial charge in [-0.1, -0.05) is 15.9 Å². The van der Waals surface area contributed by atoms with Crippen molar-refractivity contribution in [1.82, 2.24) is 10.3 Å². The van der Waals surface area contributed by atoms with E-state index in [0.717, 1.165) is 4.47 Å². The fraction of sp³-hybridized carbons (Fsp3) is 0.167. The summed E-state index contributed by atoms with van der Waals surface area (Å²) in [6.45, 7) is 0.542. The molecular formula is C12H11BrFN3OS. The first-order chi connectivity index (χ1) is 9.10. The summed E-state index contributed by atoms with van der Waals surface area (Å²) in [5.74, 6) is -0.640. The number of nitrogens with one attached hydrogen (secondary N) is 1. The van der Waals surface area contributed by atoms with Crippen LogP contribution in [-0.4, -0.2) is 10.9 Å². The first-order valence-electron chi connectivity index (χ1n) is 5.46. The first kappa shape index (κ1) is 14.1. The van der Waals surface area contributed by atoms with Gasteiger partial charge in [0.25, 0.3) is 5.91 Å². The molecule has 100 valence electrons. The Labute approximate surface area is 122 Å². The predicted molar refractivity (Wildman–Crippen MR) is 75.3 cm³/mol. The Kier molecular flexibility index (Phi) is 4.62. The summed E-state index contributed by atoms with van der Waals surface area (Å²) in [6.07, 6.45) is 0. The zero-order valence-electron chi connectivity index (χ0n) is 9.82. The average molecular weight is 344 g/mol. The second kappa shape index (κ2) is 6.23. The molecule has 7 heteroatoms. The zero-order valence-corrected chi connectivity index (χ0v) is 12.2. The van der Waals surface area contributed by atoms with E-state index in [1.54, 1.807) is 11.4 Å². The van der Waals surface area contributed by atoms with E-state index in [1.807, 2.05) is 0 Å². The zero-order chi connectivity index (χ0) is 13.8. The lowest BCUT2D eigenvalue weighted by molar-refractivity contribution is 0.0946. The molecular weight excluding hydrogens is 333 g/mol. The Morgan fingerprint density at radius 1 is 1.53 bits per heavy atom. The van der Waals surface area contributed by atoms with Crippen LogP contribution in [0.1, 0.15) is 21.1 Å². The summed E-state index contributed by atoms with van der Waals surface area (Å²) in [5.41, 5.74) is 6.43. The van der Waals surface area contributed by atoms with Crippen LogP contribution in [0.5, 0.6) is 0 Å². The van der Waals surface area contributed by atoms with Crippen molar-refractivity contribution < 1.29 is 9.18 Å². The fourth-order valence-electron chi connectivity index (χ4n) is 1.45. The quantitative estimate of drug-likeness (QED) is 0.895. The van der Waals surface area contributed by atoms with Crippen LogP contribution in [0.2, 0.25) is 0 Å². The number of nitrogens with zero attached hydrogens (tertiary/aromatic N) is 1. The second-order valence-electron chi connectivity index (χ2n) is 3.75. The Bertz CT molecular complexity index is 602. The van der Waals surface area contributed by atoms with E-state index in [9.17, 15) is 9.18 Å².